The van der Waals surface area contributed by atoms with E-state index < -0.39 is 0 Å². The average Bonchev–Trinajstić information content (AvgIpc) is 2.77. The fourth-order valence-corrected chi connectivity index (χ4v) is 3.32. The molecule has 0 aliphatic carbocycles. The quantitative estimate of drug-likeness (QED) is 0.648. The first kappa shape index (κ1) is 20.5. The zero-order valence-corrected chi connectivity index (χ0v) is 17.6. The number of anilines is 2. The summed E-state index contributed by atoms with van der Waals surface area (Å²) in [5, 5.41) is 2.88. The van der Waals surface area contributed by atoms with Crippen molar-refractivity contribution in [3.8, 4) is 11.5 Å². The van der Waals surface area contributed by atoms with Crippen molar-refractivity contribution in [1.29, 1.82) is 0 Å². The van der Waals surface area contributed by atoms with Gasteiger partial charge >= 0.3 is 0 Å². The second-order valence-electron chi connectivity index (χ2n) is 7.50. The van der Waals surface area contributed by atoms with Gasteiger partial charge in [0.1, 0.15) is 18.1 Å². The van der Waals surface area contributed by atoms with Crippen molar-refractivity contribution < 1.29 is 19.1 Å². The summed E-state index contributed by atoms with van der Waals surface area (Å²) in [5.74, 6) is 0.990. The van der Waals surface area contributed by atoms with Crippen molar-refractivity contribution in [2.24, 2.45) is 0 Å². The number of amides is 2. The Balaban J connectivity index is 1.43. The molecule has 1 aliphatic rings. The lowest BCUT2D eigenvalue weighted by Gasteiger charge is -2.29. The molecule has 0 saturated heterocycles. The van der Waals surface area contributed by atoms with E-state index in [9.17, 15) is 9.59 Å². The predicted octanol–water partition coefficient (Wildman–Crippen LogP) is 4.36. The maximum atomic E-state index is 12.5. The third-order valence-electron chi connectivity index (χ3n) is 5.08. The molecule has 3 aromatic carbocycles. The number of carbonyl (C=O) groups is 2. The number of hydrogen-bond donors (Lipinski definition) is 1. The van der Waals surface area contributed by atoms with E-state index in [1.807, 2.05) is 50.2 Å². The molecule has 31 heavy (non-hydrogen) atoms. The van der Waals surface area contributed by atoms with Crippen LogP contribution in [0.15, 0.2) is 66.7 Å². The Morgan fingerprint density at radius 3 is 2.39 bits per heavy atom. The molecule has 0 radical (unpaired) electrons. The lowest BCUT2D eigenvalue weighted by Crippen LogP contribution is -2.41. The Morgan fingerprint density at radius 2 is 1.68 bits per heavy atom. The molecule has 0 fully saturated rings. The monoisotopic (exact) mass is 416 g/mol. The summed E-state index contributed by atoms with van der Waals surface area (Å²) < 4.78 is 11.4. The van der Waals surface area contributed by atoms with Crippen LogP contribution < -0.4 is 19.7 Å². The summed E-state index contributed by atoms with van der Waals surface area (Å²) in [6.45, 7) is 4.71. The smallest absolute Gasteiger partial charge is 0.265 e. The number of benzene rings is 3. The molecule has 158 valence electrons. The van der Waals surface area contributed by atoms with Gasteiger partial charge in [-0.3, -0.25) is 9.59 Å². The summed E-state index contributed by atoms with van der Waals surface area (Å²) in [5.41, 5.74) is 4.10. The molecule has 1 aliphatic heterocycles. The number of carbonyl (C=O) groups excluding carboxylic acids is 2. The molecule has 0 bridgehead atoms. The molecule has 1 N–H and O–H groups in total. The number of rotatable bonds is 6. The summed E-state index contributed by atoms with van der Waals surface area (Å²) in [7, 11) is 0. The molecule has 0 aromatic heterocycles. The highest BCUT2D eigenvalue weighted by molar-refractivity contribution is 6.05. The fourth-order valence-electron chi connectivity index (χ4n) is 3.32. The fraction of sp³-hybridized carbons (Fsp3) is 0.200. The second kappa shape index (κ2) is 8.92. The highest BCUT2D eigenvalue weighted by atomic mass is 16.5. The molecular formula is C25H24N2O4. The van der Waals surface area contributed by atoms with Crippen molar-refractivity contribution in [3.05, 3.63) is 83.4 Å². The van der Waals surface area contributed by atoms with E-state index in [-0.39, 0.29) is 18.4 Å². The standard InChI is InChI=1S/C25H24N2O4/c1-17-3-7-19(8-4-17)25(29)26-20-9-12-22-23(15-20)31-16-24(28)27(22)13-14-30-21-10-5-18(2)6-11-21/h3-12,15H,13-14,16H2,1-2H3,(H,26,29). The maximum Gasteiger partial charge on any atom is 0.265 e. The highest BCUT2D eigenvalue weighted by Crippen LogP contribution is 2.34. The van der Waals surface area contributed by atoms with Crippen molar-refractivity contribution in [1.82, 2.24) is 0 Å². The molecule has 0 spiro atoms. The van der Waals surface area contributed by atoms with Crippen LogP contribution in [0, 0.1) is 13.8 Å². The van der Waals surface area contributed by atoms with Crippen LogP contribution in [0.25, 0.3) is 0 Å². The third kappa shape index (κ3) is 4.86. The minimum Gasteiger partial charge on any atom is -0.492 e. The van der Waals surface area contributed by atoms with E-state index in [1.165, 1.54) is 0 Å². The molecule has 6 nitrogen and oxygen atoms in total. The summed E-state index contributed by atoms with van der Waals surface area (Å²) in [6.07, 6.45) is 0. The normalized spacial score (nSPS) is 12.7. The molecule has 0 saturated carbocycles. The van der Waals surface area contributed by atoms with Crippen LogP contribution in [0.3, 0.4) is 0 Å². The first-order valence-electron chi connectivity index (χ1n) is 10.1. The van der Waals surface area contributed by atoms with Gasteiger partial charge < -0.3 is 19.7 Å². The van der Waals surface area contributed by atoms with Crippen LogP contribution in [-0.2, 0) is 4.79 Å². The number of aryl methyl sites for hydroxylation is 2. The van der Waals surface area contributed by atoms with Crippen molar-refractivity contribution >= 4 is 23.2 Å². The number of nitrogens with zero attached hydrogens (tertiary/aromatic N) is 1. The third-order valence-corrected chi connectivity index (χ3v) is 5.08. The lowest BCUT2D eigenvalue weighted by molar-refractivity contribution is -0.121. The Morgan fingerprint density at radius 1 is 1.00 bits per heavy atom. The van der Waals surface area contributed by atoms with Gasteiger partial charge in [-0.2, -0.15) is 0 Å². The molecule has 0 atom stereocenters. The SMILES string of the molecule is Cc1ccc(OCCN2C(=O)COc3cc(NC(=O)c4ccc(C)cc4)ccc32)cc1. The van der Waals surface area contributed by atoms with Gasteiger partial charge in [-0.25, -0.2) is 0 Å². The zero-order valence-electron chi connectivity index (χ0n) is 17.6. The van der Waals surface area contributed by atoms with Gasteiger partial charge in [0.15, 0.2) is 6.61 Å². The van der Waals surface area contributed by atoms with Crippen LogP contribution in [0.5, 0.6) is 11.5 Å². The topological polar surface area (TPSA) is 67.9 Å². The van der Waals surface area contributed by atoms with Crippen molar-refractivity contribution in [2.75, 3.05) is 30.0 Å². The van der Waals surface area contributed by atoms with Crippen LogP contribution in [-0.4, -0.2) is 31.6 Å². The lowest BCUT2D eigenvalue weighted by atomic mass is 10.1. The molecule has 2 amide bonds. The van der Waals surface area contributed by atoms with Crippen LogP contribution in [0.4, 0.5) is 11.4 Å². The minimum absolute atomic E-state index is 0.0487. The molecule has 3 aromatic rings. The van der Waals surface area contributed by atoms with Gasteiger partial charge in [0.25, 0.3) is 11.8 Å². The van der Waals surface area contributed by atoms with E-state index in [1.54, 1.807) is 35.2 Å². The van der Waals surface area contributed by atoms with E-state index in [2.05, 4.69) is 5.32 Å². The van der Waals surface area contributed by atoms with Gasteiger partial charge in [0, 0.05) is 17.3 Å². The Labute approximate surface area is 181 Å². The Kier molecular flexibility index (Phi) is 5.89. The largest absolute Gasteiger partial charge is 0.492 e. The van der Waals surface area contributed by atoms with Gasteiger partial charge in [0.2, 0.25) is 0 Å². The van der Waals surface area contributed by atoms with E-state index >= 15 is 0 Å². The van der Waals surface area contributed by atoms with Crippen molar-refractivity contribution in [3.63, 3.8) is 0 Å². The zero-order chi connectivity index (χ0) is 21.8. The number of nitrogens with one attached hydrogen (secondary N) is 1. The van der Waals surface area contributed by atoms with Crippen molar-refractivity contribution in [2.45, 2.75) is 13.8 Å². The van der Waals surface area contributed by atoms with Crippen LogP contribution >= 0.6 is 0 Å². The van der Waals surface area contributed by atoms with Crippen LogP contribution in [0.1, 0.15) is 21.5 Å². The predicted molar refractivity (Wildman–Crippen MR) is 120 cm³/mol. The molecule has 0 unspecified atom stereocenters. The van der Waals surface area contributed by atoms with Gasteiger partial charge in [-0.15, -0.1) is 0 Å². The molecule has 4 rings (SSSR count). The summed E-state index contributed by atoms with van der Waals surface area (Å²) in [6, 6.07) is 20.4. The summed E-state index contributed by atoms with van der Waals surface area (Å²) >= 11 is 0. The molecule has 1 heterocycles. The van der Waals surface area contributed by atoms with Crippen LogP contribution in [0.2, 0.25) is 0 Å². The summed E-state index contributed by atoms with van der Waals surface area (Å²) in [4.78, 5) is 26.5. The Hall–Kier alpha value is -3.80. The second-order valence-corrected chi connectivity index (χ2v) is 7.50. The first-order valence-corrected chi connectivity index (χ1v) is 10.1. The Bertz CT molecular complexity index is 1090. The van der Waals surface area contributed by atoms with Gasteiger partial charge in [-0.1, -0.05) is 35.4 Å². The average molecular weight is 416 g/mol. The molecule has 6 heteroatoms. The number of ether oxygens (including phenoxy) is 2. The van der Waals surface area contributed by atoms with E-state index in [0.29, 0.717) is 35.8 Å². The molecular weight excluding hydrogens is 392 g/mol. The number of fused-ring (bicyclic) bond motifs is 1. The van der Waals surface area contributed by atoms with E-state index in [4.69, 9.17) is 9.47 Å². The van der Waals surface area contributed by atoms with Gasteiger partial charge in [-0.05, 0) is 50.2 Å². The van der Waals surface area contributed by atoms with Gasteiger partial charge in [0.05, 0.1) is 12.2 Å². The highest BCUT2D eigenvalue weighted by Gasteiger charge is 2.26. The first-order chi connectivity index (χ1) is 15.0. The van der Waals surface area contributed by atoms with E-state index in [0.717, 1.165) is 16.9 Å². The minimum atomic E-state index is -0.199. The number of hydrogen-bond acceptors (Lipinski definition) is 4. The maximum absolute atomic E-state index is 12.5.